The fourth-order valence-corrected chi connectivity index (χ4v) is 1.89. The number of carbonyl (C=O) groups excluding carboxylic acids is 2. The summed E-state index contributed by atoms with van der Waals surface area (Å²) in [4.78, 5) is 23.1. The third-order valence-corrected chi connectivity index (χ3v) is 2.92. The first kappa shape index (κ1) is 11.6. The molecule has 88 valence electrons. The third-order valence-electron chi connectivity index (χ3n) is 2.92. The predicted molar refractivity (Wildman–Crippen MR) is 66.9 cm³/mol. The predicted octanol–water partition coefficient (Wildman–Crippen LogP) is 2.79. The van der Waals surface area contributed by atoms with E-state index in [2.05, 4.69) is 5.32 Å². The molecule has 0 radical (unpaired) electrons. The van der Waals surface area contributed by atoms with Gasteiger partial charge in [-0.15, -0.1) is 0 Å². The Morgan fingerprint density at radius 2 is 1.94 bits per heavy atom. The topological polar surface area (TPSA) is 46.2 Å². The van der Waals surface area contributed by atoms with Crippen LogP contribution in [-0.2, 0) is 4.79 Å². The molecule has 0 fully saturated rings. The Morgan fingerprint density at radius 1 is 1.24 bits per heavy atom. The molecule has 1 aliphatic carbocycles. The number of benzene rings is 1. The highest BCUT2D eigenvalue weighted by Crippen LogP contribution is 2.20. The second-order valence-corrected chi connectivity index (χ2v) is 4.27. The number of carbonyl (C=O) groups is 2. The molecule has 1 amide bonds. The van der Waals surface area contributed by atoms with Crippen LogP contribution < -0.4 is 5.32 Å². The SMILES string of the molecule is CC(=O)c1cccc(NC(=O)C2CC=CC2)c1. The monoisotopic (exact) mass is 229 g/mol. The number of Topliss-reactive ketones (excluding diaryl/α,β-unsaturated/α-hetero) is 1. The third kappa shape index (κ3) is 2.81. The lowest BCUT2D eigenvalue weighted by Gasteiger charge is -2.10. The van der Waals surface area contributed by atoms with Crippen LogP contribution in [0.25, 0.3) is 0 Å². The van der Waals surface area contributed by atoms with Crippen molar-refractivity contribution in [2.24, 2.45) is 5.92 Å². The molecule has 0 aliphatic heterocycles. The summed E-state index contributed by atoms with van der Waals surface area (Å²) in [5.74, 6) is 0.0651. The number of allylic oxidation sites excluding steroid dienone is 2. The summed E-state index contributed by atoms with van der Waals surface area (Å²) in [6.45, 7) is 1.52. The number of rotatable bonds is 3. The highest BCUT2D eigenvalue weighted by Gasteiger charge is 2.19. The molecule has 0 atom stereocenters. The summed E-state index contributed by atoms with van der Waals surface area (Å²) < 4.78 is 0. The smallest absolute Gasteiger partial charge is 0.228 e. The lowest BCUT2D eigenvalue weighted by Crippen LogP contribution is -2.20. The standard InChI is InChI=1S/C14H15NO2/c1-10(16)12-7-4-8-13(9-12)15-14(17)11-5-2-3-6-11/h2-4,7-9,11H,5-6H2,1H3,(H,15,17). The van der Waals surface area contributed by atoms with Crippen LogP contribution in [0, 0.1) is 5.92 Å². The van der Waals surface area contributed by atoms with Crippen LogP contribution in [-0.4, -0.2) is 11.7 Å². The van der Waals surface area contributed by atoms with Crippen molar-refractivity contribution in [3.8, 4) is 0 Å². The zero-order chi connectivity index (χ0) is 12.3. The van der Waals surface area contributed by atoms with E-state index in [1.165, 1.54) is 6.92 Å². The molecular formula is C14H15NO2. The van der Waals surface area contributed by atoms with Gasteiger partial charge in [0.2, 0.25) is 5.91 Å². The van der Waals surface area contributed by atoms with Gasteiger partial charge in [0.25, 0.3) is 0 Å². The molecule has 1 aliphatic rings. The van der Waals surface area contributed by atoms with E-state index in [9.17, 15) is 9.59 Å². The van der Waals surface area contributed by atoms with Crippen LogP contribution in [0.5, 0.6) is 0 Å². The molecule has 0 spiro atoms. The van der Waals surface area contributed by atoms with Crippen LogP contribution in [0.2, 0.25) is 0 Å². The fraction of sp³-hybridized carbons (Fsp3) is 0.286. The highest BCUT2D eigenvalue weighted by molar-refractivity contribution is 5.97. The first-order chi connectivity index (χ1) is 8.16. The highest BCUT2D eigenvalue weighted by atomic mass is 16.2. The van der Waals surface area contributed by atoms with E-state index in [4.69, 9.17) is 0 Å². The van der Waals surface area contributed by atoms with Gasteiger partial charge in [-0.1, -0.05) is 24.3 Å². The van der Waals surface area contributed by atoms with Gasteiger partial charge in [0.1, 0.15) is 0 Å². The van der Waals surface area contributed by atoms with Gasteiger partial charge in [0, 0.05) is 17.2 Å². The van der Waals surface area contributed by atoms with Gasteiger partial charge in [-0.2, -0.15) is 0 Å². The van der Waals surface area contributed by atoms with Crippen molar-refractivity contribution >= 4 is 17.4 Å². The molecule has 0 saturated carbocycles. The quantitative estimate of drug-likeness (QED) is 0.640. The molecule has 0 aromatic heterocycles. The maximum Gasteiger partial charge on any atom is 0.228 e. The van der Waals surface area contributed by atoms with Crippen LogP contribution in [0.15, 0.2) is 36.4 Å². The Labute approximate surface area is 101 Å². The van der Waals surface area contributed by atoms with E-state index < -0.39 is 0 Å². The molecule has 3 heteroatoms. The molecule has 0 saturated heterocycles. The van der Waals surface area contributed by atoms with Crippen molar-refractivity contribution in [2.45, 2.75) is 19.8 Å². The van der Waals surface area contributed by atoms with E-state index >= 15 is 0 Å². The van der Waals surface area contributed by atoms with Crippen molar-refractivity contribution in [3.63, 3.8) is 0 Å². The zero-order valence-electron chi connectivity index (χ0n) is 9.77. The Kier molecular flexibility index (Phi) is 3.38. The van der Waals surface area contributed by atoms with Gasteiger partial charge in [0.05, 0.1) is 0 Å². The first-order valence-electron chi connectivity index (χ1n) is 5.73. The van der Waals surface area contributed by atoms with Gasteiger partial charge in [-0.05, 0) is 31.9 Å². The number of hydrogen-bond donors (Lipinski definition) is 1. The van der Waals surface area contributed by atoms with Crippen LogP contribution in [0.1, 0.15) is 30.1 Å². The summed E-state index contributed by atoms with van der Waals surface area (Å²) in [5.41, 5.74) is 1.31. The average Bonchev–Trinajstić information content (AvgIpc) is 2.82. The van der Waals surface area contributed by atoms with E-state index in [-0.39, 0.29) is 17.6 Å². The second kappa shape index (κ2) is 4.95. The minimum absolute atomic E-state index is 0.00336. The van der Waals surface area contributed by atoms with Crippen molar-refractivity contribution < 1.29 is 9.59 Å². The largest absolute Gasteiger partial charge is 0.326 e. The Hall–Kier alpha value is -1.90. The second-order valence-electron chi connectivity index (χ2n) is 4.27. The van der Waals surface area contributed by atoms with Gasteiger partial charge >= 0.3 is 0 Å². The fourth-order valence-electron chi connectivity index (χ4n) is 1.89. The van der Waals surface area contributed by atoms with Gasteiger partial charge in [0.15, 0.2) is 5.78 Å². The number of hydrogen-bond acceptors (Lipinski definition) is 2. The number of amides is 1. The minimum atomic E-state index is 0.00336. The Morgan fingerprint density at radius 3 is 2.59 bits per heavy atom. The normalized spacial score (nSPS) is 14.9. The first-order valence-corrected chi connectivity index (χ1v) is 5.73. The molecule has 0 bridgehead atoms. The van der Waals surface area contributed by atoms with E-state index in [1.807, 2.05) is 12.2 Å². The Balaban J connectivity index is 2.05. The van der Waals surface area contributed by atoms with Crippen LogP contribution >= 0.6 is 0 Å². The molecule has 17 heavy (non-hydrogen) atoms. The van der Waals surface area contributed by atoms with Crippen molar-refractivity contribution in [2.75, 3.05) is 5.32 Å². The minimum Gasteiger partial charge on any atom is -0.326 e. The molecule has 0 heterocycles. The van der Waals surface area contributed by atoms with Crippen LogP contribution in [0.4, 0.5) is 5.69 Å². The lowest BCUT2D eigenvalue weighted by molar-refractivity contribution is -0.119. The number of ketones is 1. The molecular weight excluding hydrogens is 214 g/mol. The van der Waals surface area contributed by atoms with Gasteiger partial charge < -0.3 is 5.32 Å². The molecule has 3 nitrogen and oxygen atoms in total. The average molecular weight is 229 g/mol. The van der Waals surface area contributed by atoms with E-state index in [0.717, 1.165) is 12.8 Å². The number of nitrogens with one attached hydrogen (secondary N) is 1. The van der Waals surface area contributed by atoms with Crippen molar-refractivity contribution in [3.05, 3.63) is 42.0 Å². The zero-order valence-corrected chi connectivity index (χ0v) is 9.77. The molecule has 1 aromatic rings. The summed E-state index contributed by atoms with van der Waals surface area (Å²) >= 11 is 0. The molecule has 0 unspecified atom stereocenters. The summed E-state index contributed by atoms with van der Waals surface area (Å²) in [7, 11) is 0. The summed E-state index contributed by atoms with van der Waals surface area (Å²) in [6.07, 6.45) is 5.66. The van der Waals surface area contributed by atoms with Gasteiger partial charge in [-0.25, -0.2) is 0 Å². The summed E-state index contributed by atoms with van der Waals surface area (Å²) in [6, 6.07) is 7.03. The lowest BCUT2D eigenvalue weighted by atomic mass is 10.1. The maximum atomic E-state index is 11.9. The Bertz CT molecular complexity index is 469. The summed E-state index contributed by atoms with van der Waals surface area (Å²) in [5, 5.41) is 2.85. The number of anilines is 1. The molecule has 2 rings (SSSR count). The maximum absolute atomic E-state index is 11.9. The molecule has 1 aromatic carbocycles. The van der Waals surface area contributed by atoms with E-state index in [1.54, 1.807) is 24.3 Å². The van der Waals surface area contributed by atoms with Crippen LogP contribution in [0.3, 0.4) is 0 Å². The van der Waals surface area contributed by atoms with Crippen molar-refractivity contribution in [1.82, 2.24) is 0 Å². The van der Waals surface area contributed by atoms with E-state index in [0.29, 0.717) is 11.3 Å². The van der Waals surface area contributed by atoms with Gasteiger partial charge in [-0.3, -0.25) is 9.59 Å². The van der Waals surface area contributed by atoms with Crippen molar-refractivity contribution in [1.29, 1.82) is 0 Å². The molecule has 1 N–H and O–H groups in total.